The van der Waals surface area contributed by atoms with Gasteiger partial charge in [-0.3, -0.25) is 56.6 Å². The summed E-state index contributed by atoms with van der Waals surface area (Å²) in [4.78, 5) is 111. The van der Waals surface area contributed by atoms with Crippen molar-refractivity contribution in [1.29, 1.82) is 0 Å². The Morgan fingerprint density at radius 2 is 1.23 bits per heavy atom. The van der Waals surface area contributed by atoms with Gasteiger partial charge in [-0.15, -0.1) is 5.06 Å². The molecule has 4 unspecified atom stereocenters. The van der Waals surface area contributed by atoms with Crippen LogP contribution in [0.25, 0.3) is 22.3 Å². The highest BCUT2D eigenvalue weighted by Crippen LogP contribution is 2.58. The van der Waals surface area contributed by atoms with E-state index in [0.29, 0.717) is 5.06 Å². The number of carbonyl (C=O) groups is 4. The van der Waals surface area contributed by atoms with Gasteiger partial charge in [-0.25, -0.2) is 19.3 Å². The Morgan fingerprint density at radius 3 is 1.79 bits per heavy atom. The van der Waals surface area contributed by atoms with Gasteiger partial charge in [-0.1, -0.05) is 12.2 Å². The first-order valence-corrected chi connectivity index (χ1v) is 28.2. The number of aromatic nitrogens is 8. The predicted octanol–water partition coefficient (Wildman–Crippen LogP) is -2.40. The Labute approximate surface area is 432 Å². The van der Waals surface area contributed by atoms with Crippen LogP contribution in [-0.4, -0.2) is 194 Å². The number of rotatable bonds is 22. The number of aromatic amines is 2. The number of nitrogen functional groups attached to an aromatic ring is 2. The van der Waals surface area contributed by atoms with Crippen LogP contribution >= 0.6 is 25.8 Å². The van der Waals surface area contributed by atoms with E-state index < -0.39 is 111 Å². The van der Waals surface area contributed by atoms with Crippen LogP contribution in [0.4, 0.5) is 11.9 Å². The number of anilines is 2. The zero-order valence-electron chi connectivity index (χ0n) is 39.3. The van der Waals surface area contributed by atoms with E-state index in [4.69, 9.17) is 79.4 Å². The number of hydrogen-bond donors (Lipinski definition) is 8. The molecule has 37 heteroatoms. The molecular weight excluding hydrogens is 1090 g/mol. The number of nitrogens with zero attached hydrogens (tertiary/aromatic N) is 7. The van der Waals surface area contributed by atoms with E-state index in [1.54, 1.807) is 0 Å². The molecule has 8 rings (SSSR count). The fourth-order valence-electron chi connectivity index (χ4n) is 7.94. The van der Waals surface area contributed by atoms with Crippen molar-refractivity contribution in [2.75, 3.05) is 90.7 Å². The Bertz CT molecular complexity index is 2910. The molecule has 9 N–H and O–H groups in total. The number of thiol groups is 1. The molecule has 4 fully saturated rings. The second-order valence-electron chi connectivity index (χ2n) is 16.5. The van der Waals surface area contributed by atoms with Gasteiger partial charge in [0.15, 0.2) is 34.8 Å². The summed E-state index contributed by atoms with van der Waals surface area (Å²) in [7, 11) is 0. The monoisotopic (exact) mass is 1140 g/mol. The highest BCUT2D eigenvalue weighted by molar-refractivity contribution is 8.44. The summed E-state index contributed by atoms with van der Waals surface area (Å²) in [5, 5.41) is 14.8. The minimum atomic E-state index is -4.54. The Morgan fingerprint density at radius 1 is 0.747 bits per heavy atom. The van der Waals surface area contributed by atoms with Crippen molar-refractivity contribution in [3.8, 4) is 0 Å². The first kappa shape index (κ1) is 56.3. The van der Waals surface area contributed by atoms with E-state index >= 15 is 0 Å². The molecule has 0 spiro atoms. The molecule has 4 aliphatic rings. The van der Waals surface area contributed by atoms with Crippen LogP contribution in [0.2, 0.25) is 0 Å². The van der Waals surface area contributed by atoms with Crippen molar-refractivity contribution in [2.24, 2.45) is 0 Å². The van der Waals surface area contributed by atoms with Crippen molar-refractivity contribution in [2.45, 2.75) is 74.7 Å². The van der Waals surface area contributed by atoms with E-state index in [-0.39, 0.29) is 126 Å². The summed E-state index contributed by atoms with van der Waals surface area (Å²) in [5.41, 5.74) is 9.84. The number of hydrogen-bond acceptors (Lipinski definition) is 27. The summed E-state index contributed by atoms with van der Waals surface area (Å²) in [5.74, 6) is -3.02. The Hall–Kier alpha value is -4.91. The van der Waals surface area contributed by atoms with Crippen LogP contribution in [0.5, 0.6) is 0 Å². The van der Waals surface area contributed by atoms with Gasteiger partial charge in [0.2, 0.25) is 17.8 Å². The maximum absolute atomic E-state index is 14.1. The van der Waals surface area contributed by atoms with Crippen LogP contribution in [0, 0.1) is 0 Å². The van der Waals surface area contributed by atoms with Gasteiger partial charge in [0.1, 0.15) is 36.6 Å². The minimum Gasteiger partial charge on any atom is -0.386 e. The number of hydroxylamine groups is 2. The highest BCUT2D eigenvalue weighted by atomic mass is 32.7. The third-order valence-corrected chi connectivity index (χ3v) is 14.5. The van der Waals surface area contributed by atoms with Gasteiger partial charge in [0.25, 0.3) is 22.9 Å². The second kappa shape index (κ2) is 25.0. The standard InChI is InChI=1S/C38H52N12O21P2S2/c39-37-44-31-26(33(56)46-37)41-17-48(31)35-25(43-21(51)3-5-60-7-9-62-11-13-64-14-12-63-10-8-61-6-4-24(54)69-50-22(52)1-2-23(50)53)29-19(67-35)15-65-73(59,75)71-30-20(16-66-72(58,74)70-29)68-36(28(30)55)49-18-42-27-32(49)45-38(40)47-34(27)57/h17-20,25,28-30,35-36,55H,1-16H2,(H,43,51)(H,58,74)(H,59,75)(H3,39,44,46,56)(H3,40,45,47,57)/t19-,20-,25?,28+,29+,30?,35-,36-,72?,73?/m1/s1. The molecule has 4 aliphatic heterocycles. The number of aliphatic hydroxyl groups excluding tert-OH is 1. The number of nitrogens with two attached hydrogens (primary N) is 2. The molecule has 75 heavy (non-hydrogen) atoms. The van der Waals surface area contributed by atoms with Gasteiger partial charge in [0, 0.05) is 19.3 Å². The summed E-state index contributed by atoms with van der Waals surface area (Å²) in [6.07, 6.45) is -8.11. The zero-order valence-corrected chi connectivity index (χ0v) is 42.8. The number of nitrogens with one attached hydrogen (secondary N) is 3. The van der Waals surface area contributed by atoms with Crippen LogP contribution in [0.1, 0.15) is 38.1 Å². The Kier molecular flexibility index (Phi) is 18.8. The number of ether oxygens (including phenoxy) is 7. The van der Waals surface area contributed by atoms with E-state index in [1.165, 1.54) is 15.5 Å². The predicted molar refractivity (Wildman–Crippen MR) is 256 cm³/mol. The van der Waals surface area contributed by atoms with Gasteiger partial charge in [0.05, 0.1) is 98.4 Å². The molecular formula is C38H52N12O21P2S2. The molecule has 10 atom stereocenters. The molecule has 0 radical (unpaired) electrons. The molecule has 0 saturated carbocycles. The van der Waals surface area contributed by atoms with Crippen molar-refractivity contribution < 1.29 is 89.8 Å². The third kappa shape index (κ3) is 14.2. The first-order valence-electron chi connectivity index (χ1n) is 22.9. The second-order valence-corrected chi connectivity index (χ2v) is 22.2. The van der Waals surface area contributed by atoms with Crippen LogP contribution in [-0.2, 0) is 91.6 Å². The summed E-state index contributed by atoms with van der Waals surface area (Å²) >= 11 is 9.58. The lowest BCUT2D eigenvalue weighted by atomic mass is 10.1. The molecule has 4 aromatic heterocycles. The maximum Gasteiger partial charge on any atom is 0.386 e. The van der Waals surface area contributed by atoms with E-state index in [0.717, 1.165) is 6.33 Å². The number of imide groups is 1. The molecule has 412 valence electrons. The van der Waals surface area contributed by atoms with Gasteiger partial charge < -0.3 is 69.3 Å². The Balaban J connectivity index is 0.812. The fraction of sp³-hybridized carbons (Fsp3) is 0.632. The lowest BCUT2D eigenvalue weighted by Crippen LogP contribution is -2.48. The summed E-state index contributed by atoms with van der Waals surface area (Å²) in [6.45, 7) is -8.59. The molecule has 4 aromatic rings. The third-order valence-electron chi connectivity index (χ3n) is 11.4. The number of amides is 3. The molecule has 33 nitrogen and oxygen atoms in total. The molecule has 0 aromatic carbocycles. The fourth-order valence-corrected chi connectivity index (χ4v) is 10.9. The average molecular weight is 1140 g/mol. The molecule has 4 saturated heterocycles. The average Bonchev–Trinajstić information content (AvgIpc) is 4.17. The SMILES string of the molecule is Nc1nc2c(ncn2[C@@H]2O[C@@H]3COP(O)(=S)OC4[C@@H](COP(=O)(S)O[C@@H]3C2NC(=O)CCOCCOCCOCCOCCOCCC(=O)ON2C(=O)CCC2=O)O[C@@H](n2cnc3c(=O)[nH]c(N)nc32)[C@H]4O)c(=O)[nH]1. The smallest absolute Gasteiger partial charge is 0.386 e. The minimum absolute atomic E-state index is 0.00811. The van der Waals surface area contributed by atoms with Gasteiger partial charge in [-0.2, -0.15) is 9.97 Å². The first-order chi connectivity index (χ1) is 35.9. The van der Waals surface area contributed by atoms with Crippen molar-refractivity contribution in [3.05, 3.63) is 33.4 Å². The summed E-state index contributed by atoms with van der Waals surface area (Å²) in [6, 6.07) is -1.32. The number of carbonyl (C=O) groups excluding carboxylic acids is 4. The number of aliphatic hydroxyl groups is 1. The van der Waals surface area contributed by atoms with Crippen LogP contribution in [0.3, 0.4) is 0 Å². The van der Waals surface area contributed by atoms with Gasteiger partial charge >= 0.3 is 19.5 Å². The molecule has 0 aliphatic carbocycles. The zero-order chi connectivity index (χ0) is 53.4. The lowest BCUT2D eigenvalue weighted by Gasteiger charge is -2.30. The van der Waals surface area contributed by atoms with Crippen LogP contribution < -0.4 is 27.9 Å². The molecule has 3 amide bonds. The van der Waals surface area contributed by atoms with Crippen molar-refractivity contribution >= 4 is 95.5 Å². The number of imidazole rings is 2. The lowest BCUT2D eigenvalue weighted by molar-refractivity contribution is -0.198. The molecule has 8 heterocycles. The summed E-state index contributed by atoms with van der Waals surface area (Å²) < 4.78 is 79.6. The quantitative estimate of drug-likeness (QED) is 0.0176. The van der Waals surface area contributed by atoms with Crippen molar-refractivity contribution in [3.63, 3.8) is 0 Å². The van der Waals surface area contributed by atoms with Gasteiger partial charge in [-0.05, 0) is 11.8 Å². The normalized spacial score (nSPS) is 28.3. The van der Waals surface area contributed by atoms with E-state index in [1.807, 2.05) is 0 Å². The van der Waals surface area contributed by atoms with Crippen LogP contribution in [0.15, 0.2) is 22.2 Å². The van der Waals surface area contributed by atoms with E-state index in [9.17, 15) is 43.3 Å². The van der Waals surface area contributed by atoms with Crippen molar-refractivity contribution in [1.82, 2.24) is 49.4 Å². The largest absolute Gasteiger partial charge is 0.386 e. The molecule has 0 bridgehead atoms. The number of H-pyrrole nitrogens is 2. The maximum atomic E-state index is 14.1. The van der Waals surface area contributed by atoms with E-state index in [2.05, 4.69) is 47.5 Å². The number of fused-ring (bicyclic) bond motifs is 4. The topological polar surface area (TPSA) is 431 Å². The highest BCUT2D eigenvalue weighted by Gasteiger charge is 2.54.